The Labute approximate surface area is 106 Å². The molecule has 1 aromatic carbocycles. The molecule has 0 spiro atoms. The topological polar surface area (TPSA) is 36.1 Å². The Morgan fingerprint density at radius 1 is 1.29 bits per heavy atom. The number of H-pyrrole nitrogens is 1. The Hall–Kier alpha value is -1.48. The zero-order valence-electron chi connectivity index (χ0n) is 9.69. The summed E-state index contributed by atoms with van der Waals surface area (Å²) in [5, 5.41) is 1.15. The van der Waals surface area contributed by atoms with E-state index in [9.17, 15) is 4.79 Å². The maximum Gasteiger partial charge on any atom is 0.253 e. The normalized spacial score (nSPS) is 14.3. The molecular weight excluding hydrogens is 236 g/mol. The van der Waals surface area contributed by atoms with Crippen LogP contribution in [-0.2, 0) is 6.42 Å². The lowest BCUT2D eigenvalue weighted by atomic mass is 10.0. The molecule has 2 heterocycles. The highest BCUT2D eigenvalue weighted by Gasteiger charge is 2.19. The van der Waals surface area contributed by atoms with Crippen LogP contribution in [0.15, 0.2) is 29.1 Å². The lowest BCUT2D eigenvalue weighted by molar-refractivity contribution is 0.739. The van der Waals surface area contributed by atoms with Crippen LogP contribution >= 0.6 is 12.4 Å². The van der Waals surface area contributed by atoms with Gasteiger partial charge in [-0.15, -0.1) is 12.4 Å². The summed E-state index contributed by atoms with van der Waals surface area (Å²) in [6.45, 7) is 1.03. The lowest BCUT2D eigenvalue weighted by Gasteiger charge is -2.28. The zero-order valence-corrected chi connectivity index (χ0v) is 10.5. The number of benzene rings is 1. The lowest BCUT2D eigenvalue weighted by Crippen LogP contribution is -2.29. The van der Waals surface area contributed by atoms with Gasteiger partial charge in [-0.2, -0.15) is 0 Å². The molecule has 0 amide bonds. The van der Waals surface area contributed by atoms with Crippen LogP contribution in [0.2, 0.25) is 0 Å². The van der Waals surface area contributed by atoms with E-state index in [0.29, 0.717) is 0 Å². The van der Waals surface area contributed by atoms with Gasteiger partial charge in [0.15, 0.2) is 0 Å². The van der Waals surface area contributed by atoms with E-state index >= 15 is 0 Å². The van der Waals surface area contributed by atoms with Gasteiger partial charge in [-0.25, -0.2) is 0 Å². The maximum atomic E-state index is 11.9. The number of anilines is 1. The summed E-state index contributed by atoms with van der Waals surface area (Å²) >= 11 is 0. The number of para-hydroxylation sites is 1. The molecule has 3 nitrogen and oxygen atoms in total. The fourth-order valence-corrected chi connectivity index (χ4v) is 2.54. The van der Waals surface area contributed by atoms with Crippen LogP contribution in [0.5, 0.6) is 0 Å². The zero-order chi connectivity index (χ0) is 11.1. The van der Waals surface area contributed by atoms with Gasteiger partial charge in [0, 0.05) is 24.5 Å². The monoisotopic (exact) mass is 250 g/mol. The summed E-state index contributed by atoms with van der Waals surface area (Å²) in [7, 11) is 2.06. The van der Waals surface area contributed by atoms with Crippen molar-refractivity contribution in [3.63, 3.8) is 0 Å². The predicted octanol–water partition coefficient (Wildman–Crippen LogP) is 2.33. The molecule has 1 aliphatic rings. The van der Waals surface area contributed by atoms with Gasteiger partial charge in [0.25, 0.3) is 5.56 Å². The molecule has 0 radical (unpaired) electrons. The molecule has 17 heavy (non-hydrogen) atoms. The fourth-order valence-electron chi connectivity index (χ4n) is 2.54. The molecule has 0 aliphatic carbocycles. The first kappa shape index (κ1) is 12.0. The van der Waals surface area contributed by atoms with Crippen molar-refractivity contribution in [2.45, 2.75) is 12.8 Å². The highest BCUT2D eigenvalue weighted by Crippen LogP contribution is 2.30. The van der Waals surface area contributed by atoms with Crippen molar-refractivity contribution in [2.75, 3.05) is 18.5 Å². The van der Waals surface area contributed by atoms with Gasteiger partial charge in [0.1, 0.15) is 0 Å². The molecule has 0 bridgehead atoms. The van der Waals surface area contributed by atoms with E-state index in [1.165, 1.54) is 0 Å². The SMILES string of the molecule is CN1CCCc2c1c1ccccc1[nH]c2=O.Cl. The molecule has 0 atom stereocenters. The minimum absolute atomic E-state index is 0. The minimum Gasteiger partial charge on any atom is -0.374 e. The molecule has 4 heteroatoms. The number of pyridine rings is 1. The molecule has 1 aliphatic heterocycles. The fraction of sp³-hybridized carbons (Fsp3) is 0.308. The second-order valence-corrected chi connectivity index (χ2v) is 4.35. The molecule has 2 aromatic rings. The van der Waals surface area contributed by atoms with Crippen molar-refractivity contribution >= 4 is 29.0 Å². The number of rotatable bonds is 0. The van der Waals surface area contributed by atoms with Crippen LogP contribution in [0.1, 0.15) is 12.0 Å². The van der Waals surface area contributed by atoms with Crippen LogP contribution in [0.4, 0.5) is 5.69 Å². The van der Waals surface area contributed by atoms with Crippen molar-refractivity contribution in [3.05, 3.63) is 40.2 Å². The molecule has 90 valence electrons. The summed E-state index contributed by atoms with van der Waals surface area (Å²) in [5.41, 5.74) is 3.05. The van der Waals surface area contributed by atoms with Gasteiger partial charge >= 0.3 is 0 Å². The largest absolute Gasteiger partial charge is 0.374 e. The maximum absolute atomic E-state index is 11.9. The second kappa shape index (κ2) is 4.41. The number of fused-ring (bicyclic) bond motifs is 3. The third kappa shape index (κ3) is 1.80. The third-order valence-electron chi connectivity index (χ3n) is 3.29. The standard InChI is InChI=1S/C13H14N2O.ClH/c1-15-8-4-6-10-12(15)9-5-2-3-7-11(9)14-13(10)16;/h2-3,5,7H,4,6,8H2,1H3,(H,14,16);1H. The number of hydrogen-bond donors (Lipinski definition) is 1. The third-order valence-corrected chi connectivity index (χ3v) is 3.29. The summed E-state index contributed by atoms with van der Waals surface area (Å²) in [6, 6.07) is 8.00. The Morgan fingerprint density at radius 2 is 2.06 bits per heavy atom. The van der Waals surface area contributed by atoms with Gasteiger partial charge in [0.05, 0.1) is 11.2 Å². The van der Waals surface area contributed by atoms with E-state index in [0.717, 1.165) is 41.5 Å². The van der Waals surface area contributed by atoms with Crippen LogP contribution in [0.3, 0.4) is 0 Å². The van der Waals surface area contributed by atoms with E-state index < -0.39 is 0 Å². The smallest absolute Gasteiger partial charge is 0.253 e. The van der Waals surface area contributed by atoms with Gasteiger partial charge in [0.2, 0.25) is 0 Å². The van der Waals surface area contributed by atoms with Crippen molar-refractivity contribution < 1.29 is 0 Å². The molecule has 0 saturated carbocycles. The van der Waals surface area contributed by atoms with E-state index in [2.05, 4.69) is 23.0 Å². The summed E-state index contributed by atoms with van der Waals surface area (Å²) in [5.74, 6) is 0. The summed E-state index contributed by atoms with van der Waals surface area (Å²) < 4.78 is 0. The number of nitrogens with one attached hydrogen (secondary N) is 1. The highest BCUT2D eigenvalue weighted by atomic mass is 35.5. The van der Waals surface area contributed by atoms with Crippen LogP contribution in [0, 0.1) is 0 Å². The van der Waals surface area contributed by atoms with Crippen molar-refractivity contribution in [3.8, 4) is 0 Å². The Bertz CT molecular complexity index is 606. The number of nitrogens with zero attached hydrogens (tertiary/aromatic N) is 1. The van der Waals surface area contributed by atoms with Crippen LogP contribution in [0.25, 0.3) is 10.9 Å². The molecule has 0 saturated heterocycles. The quantitative estimate of drug-likeness (QED) is 0.779. The van der Waals surface area contributed by atoms with Crippen molar-refractivity contribution in [1.82, 2.24) is 4.98 Å². The number of hydrogen-bond acceptors (Lipinski definition) is 2. The van der Waals surface area contributed by atoms with Gasteiger partial charge in [-0.05, 0) is 18.9 Å². The minimum atomic E-state index is 0. The molecule has 0 fully saturated rings. The number of aromatic amines is 1. The van der Waals surface area contributed by atoms with Crippen molar-refractivity contribution in [1.29, 1.82) is 0 Å². The van der Waals surface area contributed by atoms with E-state index in [1.807, 2.05) is 18.2 Å². The molecule has 0 unspecified atom stereocenters. The predicted molar refractivity (Wildman–Crippen MR) is 73.4 cm³/mol. The highest BCUT2D eigenvalue weighted by molar-refractivity contribution is 5.93. The second-order valence-electron chi connectivity index (χ2n) is 4.35. The average molecular weight is 251 g/mol. The Balaban J connectivity index is 0.00000108. The average Bonchev–Trinajstić information content (AvgIpc) is 2.30. The van der Waals surface area contributed by atoms with E-state index in [4.69, 9.17) is 0 Å². The first-order valence-electron chi connectivity index (χ1n) is 5.62. The number of aromatic nitrogens is 1. The molecule has 3 rings (SSSR count). The summed E-state index contributed by atoms with van der Waals surface area (Å²) in [6.07, 6.45) is 1.95. The first-order valence-corrected chi connectivity index (χ1v) is 5.62. The van der Waals surface area contributed by atoms with E-state index in [-0.39, 0.29) is 18.0 Å². The van der Waals surface area contributed by atoms with Crippen molar-refractivity contribution in [2.24, 2.45) is 0 Å². The summed E-state index contributed by atoms with van der Waals surface area (Å²) in [4.78, 5) is 17.1. The van der Waals surface area contributed by atoms with Gasteiger partial charge in [-0.1, -0.05) is 18.2 Å². The Morgan fingerprint density at radius 3 is 2.88 bits per heavy atom. The molecular formula is C13H15ClN2O. The Kier molecular flexibility index (Phi) is 3.11. The van der Waals surface area contributed by atoms with E-state index in [1.54, 1.807) is 0 Å². The van der Waals surface area contributed by atoms with Crippen LogP contribution in [-0.4, -0.2) is 18.6 Å². The van der Waals surface area contributed by atoms with Gasteiger partial charge in [-0.3, -0.25) is 4.79 Å². The van der Waals surface area contributed by atoms with Crippen LogP contribution < -0.4 is 10.5 Å². The van der Waals surface area contributed by atoms with Gasteiger partial charge < -0.3 is 9.88 Å². The first-order chi connectivity index (χ1) is 7.77. The molecule has 1 aromatic heterocycles. The number of halogens is 1. The molecule has 1 N–H and O–H groups in total.